The molecule has 0 radical (unpaired) electrons. The highest BCUT2D eigenvalue weighted by molar-refractivity contribution is 7.91. The molecule has 0 aliphatic rings. The van der Waals surface area contributed by atoms with Crippen molar-refractivity contribution in [2.24, 2.45) is 5.92 Å². The van der Waals surface area contributed by atoms with E-state index in [1.807, 2.05) is 10.6 Å². The molecule has 2 rings (SSSR count). The van der Waals surface area contributed by atoms with Crippen LogP contribution in [-0.2, 0) is 9.84 Å². The summed E-state index contributed by atoms with van der Waals surface area (Å²) in [6, 6.07) is 5.38. The van der Waals surface area contributed by atoms with Crippen molar-refractivity contribution in [3.63, 3.8) is 0 Å². The number of anilines is 1. The van der Waals surface area contributed by atoms with Crippen LogP contribution in [0.3, 0.4) is 0 Å². The van der Waals surface area contributed by atoms with E-state index in [2.05, 4.69) is 25.8 Å². The molecule has 0 aliphatic carbocycles. The smallest absolute Gasteiger partial charge is 0.201 e. The van der Waals surface area contributed by atoms with E-state index in [0.717, 1.165) is 18.4 Å². The molecule has 0 amide bonds. The summed E-state index contributed by atoms with van der Waals surface area (Å²) >= 11 is 0. The minimum atomic E-state index is -3.32. The third-order valence-electron chi connectivity index (χ3n) is 3.99. The van der Waals surface area contributed by atoms with Gasteiger partial charge in [0.05, 0.1) is 10.4 Å². The highest BCUT2D eigenvalue weighted by Crippen LogP contribution is 2.30. The molecule has 0 saturated heterocycles. The molecule has 0 aliphatic heterocycles. The van der Waals surface area contributed by atoms with Crippen molar-refractivity contribution < 1.29 is 8.42 Å². The maximum Gasteiger partial charge on any atom is 0.201 e. The van der Waals surface area contributed by atoms with E-state index in [9.17, 15) is 8.42 Å². The Morgan fingerprint density at radius 3 is 2.57 bits per heavy atom. The molecule has 21 heavy (non-hydrogen) atoms. The number of hydrogen-bond donors (Lipinski definition) is 1. The standard InChI is InChI=1S/C15H23N3O2S/c1-5-10(2)9-11(3)18-12-7-6-8-13(21(4,19)20)14(12)17-15(18)16/h6-8,10-11H,5,9H2,1-4H3,(H2,16,17). The highest BCUT2D eigenvalue weighted by atomic mass is 32.2. The largest absolute Gasteiger partial charge is 0.369 e. The topological polar surface area (TPSA) is 78.0 Å². The van der Waals surface area contributed by atoms with Gasteiger partial charge in [-0.3, -0.25) is 0 Å². The van der Waals surface area contributed by atoms with Crippen molar-refractivity contribution in [3.05, 3.63) is 18.2 Å². The Morgan fingerprint density at radius 2 is 2.00 bits per heavy atom. The molecule has 0 fully saturated rings. The second-order valence-corrected chi connectivity index (χ2v) is 7.82. The normalized spacial score (nSPS) is 15.2. The average Bonchev–Trinajstić information content (AvgIpc) is 2.72. The maximum atomic E-state index is 11.9. The predicted molar refractivity (Wildman–Crippen MR) is 86.0 cm³/mol. The first kappa shape index (κ1) is 15.8. The molecule has 0 bridgehead atoms. The second kappa shape index (κ2) is 5.67. The Labute approximate surface area is 126 Å². The van der Waals surface area contributed by atoms with Gasteiger partial charge in [-0.25, -0.2) is 13.4 Å². The lowest BCUT2D eigenvalue weighted by atomic mass is 10.00. The molecule has 1 aromatic carbocycles. The molecular formula is C15H23N3O2S. The lowest BCUT2D eigenvalue weighted by Crippen LogP contribution is -2.11. The molecule has 1 heterocycles. The Morgan fingerprint density at radius 1 is 1.33 bits per heavy atom. The summed E-state index contributed by atoms with van der Waals surface area (Å²) in [5, 5.41) is 0. The summed E-state index contributed by atoms with van der Waals surface area (Å²) in [7, 11) is -3.32. The van der Waals surface area contributed by atoms with Crippen LogP contribution in [0, 0.1) is 5.92 Å². The van der Waals surface area contributed by atoms with Crippen molar-refractivity contribution in [1.29, 1.82) is 0 Å². The first-order chi connectivity index (χ1) is 9.75. The van der Waals surface area contributed by atoms with Gasteiger partial charge >= 0.3 is 0 Å². The number of imidazole rings is 1. The summed E-state index contributed by atoms with van der Waals surface area (Å²) in [4.78, 5) is 4.53. The molecular weight excluding hydrogens is 286 g/mol. The van der Waals surface area contributed by atoms with Crippen molar-refractivity contribution >= 4 is 26.8 Å². The van der Waals surface area contributed by atoms with Crippen LogP contribution in [0.1, 0.15) is 39.7 Å². The third-order valence-corrected chi connectivity index (χ3v) is 5.12. The maximum absolute atomic E-state index is 11.9. The minimum absolute atomic E-state index is 0.180. The van der Waals surface area contributed by atoms with E-state index in [1.165, 1.54) is 6.26 Å². The Kier molecular flexibility index (Phi) is 4.27. The van der Waals surface area contributed by atoms with Gasteiger partial charge in [-0.05, 0) is 31.4 Å². The molecule has 2 atom stereocenters. The van der Waals surface area contributed by atoms with Gasteiger partial charge in [0.15, 0.2) is 9.84 Å². The Hall–Kier alpha value is -1.56. The van der Waals surface area contributed by atoms with Gasteiger partial charge in [-0.15, -0.1) is 0 Å². The van der Waals surface area contributed by atoms with E-state index in [1.54, 1.807) is 12.1 Å². The summed E-state index contributed by atoms with van der Waals surface area (Å²) in [5.74, 6) is 0.951. The highest BCUT2D eigenvalue weighted by Gasteiger charge is 2.20. The fourth-order valence-electron chi connectivity index (χ4n) is 2.73. The van der Waals surface area contributed by atoms with Crippen LogP contribution in [0.5, 0.6) is 0 Å². The van der Waals surface area contributed by atoms with Gasteiger partial charge in [-0.2, -0.15) is 0 Å². The van der Waals surface area contributed by atoms with Crippen LogP contribution in [-0.4, -0.2) is 24.2 Å². The Balaban J connectivity index is 2.59. The van der Waals surface area contributed by atoms with Crippen LogP contribution >= 0.6 is 0 Å². The summed E-state index contributed by atoms with van der Waals surface area (Å²) < 4.78 is 25.7. The molecule has 0 spiro atoms. The van der Waals surface area contributed by atoms with E-state index < -0.39 is 9.84 Å². The zero-order chi connectivity index (χ0) is 15.8. The van der Waals surface area contributed by atoms with Crippen LogP contribution < -0.4 is 5.73 Å². The molecule has 2 aromatic rings. The number of nitrogens with zero attached hydrogens (tertiary/aromatic N) is 2. The van der Waals surface area contributed by atoms with Crippen LogP contribution in [0.15, 0.2) is 23.1 Å². The van der Waals surface area contributed by atoms with Crippen LogP contribution in [0.2, 0.25) is 0 Å². The van der Waals surface area contributed by atoms with Gasteiger partial charge in [0, 0.05) is 12.3 Å². The zero-order valence-corrected chi connectivity index (χ0v) is 13.8. The van der Waals surface area contributed by atoms with Gasteiger partial charge in [0.1, 0.15) is 5.52 Å². The quantitative estimate of drug-likeness (QED) is 0.921. The van der Waals surface area contributed by atoms with Crippen molar-refractivity contribution in [2.75, 3.05) is 12.0 Å². The van der Waals surface area contributed by atoms with E-state index in [0.29, 0.717) is 17.4 Å². The number of nitrogen functional groups attached to an aromatic ring is 1. The molecule has 2 unspecified atom stereocenters. The van der Waals surface area contributed by atoms with Crippen molar-refractivity contribution in [3.8, 4) is 0 Å². The Bertz CT molecular complexity index is 750. The van der Waals surface area contributed by atoms with Gasteiger partial charge in [-0.1, -0.05) is 26.3 Å². The number of para-hydroxylation sites is 1. The molecule has 116 valence electrons. The van der Waals surface area contributed by atoms with E-state index in [4.69, 9.17) is 5.73 Å². The number of aromatic nitrogens is 2. The van der Waals surface area contributed by atoms with Crippen molar-refractivity contribution in [2.45, 2.75) is 44.6 Å². The fraction of sp³-hybridized carbons (Fsp3) is 0.533. The lowest BCUT2D eigenvalue weighted by Gasteiger charge is -2.19. The van der Waals surface area contributed by atoms with Crippen molar-refractivity contribution in [1.82, 2.24) is 9.55 Å². The molecule has 0 saturated carbocycles. The fourth-order valence-corrected chi connectivity index (χ4v) is 3.55. The van der Waals surface area contributed by atoms with Gasteiger partial charge in [0.2, 0.25) is 5.95 Å². The van der Waals surface area contributed by atoms with Crippen LogP contribution in [0.25, 0.3) is 11.0 Å². The second-order valence-electron chi connectivity index (χ2n) is 5.83. The summed E-state index contributed by atoms with van der Waals surface area (Å²) in [6.07, 6.45) is 3.28. The van der Waals surface area contributed by atoms with E-state index in [-0.39, 0.29) is 10.9 Å². The minimum Gasteiger partial charge on any atom is -0.369 e. The number of sulfone groups is 1. The number of benzene rings is 1. The third kappa shape index (κ3) is 3.05. The van der Waals surface area contributed by atoms with Gasteiger partial charge < -0.3 is 10.3 Å². The van der Waals surface area contributed by atoms with Crippen LogP contribution in [0.4, 0.5) is 5.95 Å². The number of nitrogens with two attached hydrogens (primary N) is 1. The zero-order valence-electron chi connectivity index (χ0n) is 13.0. The first-order valence-electron chi connectivity index (χ1n) is 7.22. The molecule has 1 aromatic heterocycles. The van der Waals surface area contributed by atoms with Gasteiger partial charge in [0.25, 0.3) is 0 Å². The molecule has 2 N–H and O–H groups in total. The monoisotopic (exact) mass is 309 g/mol. The number of rotatable bonds is 5. The number of fused-ring (bicyclic) bond motifs is 1. The summed E-state index contributed by atoms with van der Waals surface area (Å²) in [6.45, 7) is 6.46. The first-order valence-corrected chi connectivity index (χ1v) is 9.11. The SMILES string of the molecule is CCC(C)CC(C)n1c(N)nc2c(S(C)(=O)=O)cccc21. The average molecular weight is 309 g/mol. The van der Waals surface area contributed by atoms with E-state index >= 15 is 0 Å². The number of hydrogen-bond acceptors (Lipinski definition) is 4. The molecule has 5 nitrogen and oxygen atoms in total. The predicted octanol–water partition coefficient (Wildman–Crippen LogP) is 3.02. The lowest BCUT2D eigenvalue weighted by molar-refractivity contribution is 0.407. The summed E-state index contributed by atoms with van der Waals surface area (Å²) in [5.41, 5.74) is 7.29. The molecule has 6 heteroatoms.